The molecule has 58 heavy (non-hydrogen) atoms. The Morgan fingerprint density at radius 2 is 1.53 bits per heavy atom. The predicted molar refractivity (Wildman–Crippen MR) is 230 cm³/mol. The number of unbranched alkanes of at least 4 members (excludes halogenated alkanes) is 3. The van der Waals surface area contributed by atoms with Crippen LogP contribution in [0, 0.1) is 17.8 Å². The second-order valence-electron chi connectivity index (χ2n) is 15.5. The van der Waals surface area contributed by atoms with E-state index in [1.807, 2.05) is 35.5 Å². The lowest BCUT2D eigenvalue weighted by Crippen LogP contribution is -2.30. The van der Waals surface area contributed by atoms with Crippen molar-refractivity contribution in [2.75, 3.05) is 18.3 Å². The van der Waals surface area contributed by atoms with Crippen LogP contribution in [-0.2, 0) is 19.1 Å². The minimum Gasteiger partial charge on any atom is -0.457 e. The Kier molecular flexibility index (Phi) is 15.9. The van der Waals surface area contributed by atoms with Gasteiger partial charge < -0.3 is 18.9 Å². The van der Waals surface area contributed by atoms with Crippen molar-refractivity contribution >= 4 is 50.8 Å². The number of anilines is 1. The first kappa shape index (κ1) is 42.6. The van der Waals surface area contributed by atoms with Gasteiger partial charge in [0.2, 0.25) is 11.9 Å². The summed E-state index contributed by atoms with van der Waals surface area (Å²) in [6.07, 6.45) is 16.8. The topological polar surface area (TPSA) is 117 Å². The molecule has 11 heteroatoms. The third kappa shape index (κ3) is 12.0. The first-order valence-corrected chi connectivity index (χ1v) is 21.9. The van der Waals surface area contributed by atoms with Gasteiger partial charge in [0.25, 0.3) is 0 Å². The van der Waals surface area contributed by atoms with Crippen molar-refractivity contribution < 1.29 is 33.3 Å². The van der Waals surface area contributed by atoms with Gasteiger partial charge in [-0.25, -0.2) is 14.8 Å². The Morgan fingerprint density at radius 1 is 0.828 bits per heavy atom. The lowest BCUT2D eigenvalue weighted by molar-refractivity contribution is -0.145. The van der Waals surface area contributed by atoms with Crippen molar-refractivity contribution in [3.63, 3.8) is 0 Å². The van der Waals surface area contributed by atoms with E-state index in [1.165, 1.54) is 37.7 Å². The first-order valence-electron chi connectivity index (χ1n) is 21.1. The first-order chi connectivity index (χ1) is 28.3. The Morgan fingerprint density at radius 3 is 2.22 bits per heavy atom. The van der Waals surface area contributed by atoms with Crippen LogP contribution >= 0.6 is 11.3 Å². The van der Waals surface area contributed by atoms with E-state index in [1.54, 1.807) is 35.6 Å². The number of aromatic nitrogens is 1. The van der Waals surface area contributed by atoms with Crippen LogP contribution in [-0.4, -0.2) is 42.4 Å². The molecule has 2 aliphatic carbocycles. The van der Waals surface area contributed by atoms with E-state index in [0.29, 0.717) is 48.8 Å². The smallest absolute Gasteiger partial charge is 0.333 e. The van der Waals surface area contributed by atoms with Gasteiger partial charge in [0.1, 0.15) is 17.2 Å². The molecule has 6 rings (SSSR count). The highest BCUT2D eigenvalue weighted by molar-refractivity contribution is 7.22. The summed E-state index contributed by atoms with van der Waals surface area (Å²) in [5.74, 6) is 0.781. The zero-order chi connectivity index (χ0) is 40.7. The highest BCUT2D eigenvalue weighted by Crippen LogP contribution is 2.39. The molecule has 2 fully saturated rings. The molecule has 1 heterocycles. The predicted octanol–water partition coefficient (Wildman–Crippen LogP) is 11.2. The molecule has 0 unspecified atom stereocenters. The maximum absolute atomic E-state index is 13.7. The highest BCUT2D eigenvalue weighted by Gasteiger charge is 2.33. The van der Waals surface area contributed by atoms with Crippen LogP contribution in [0.25, 0.3) is 10.2 Å². The van der Waals surface area contributed by atoms with E-state index in [-0.39, 0.29) is 30.6 Å². The normalized spacial score (nSPS) is 19.4. The molecule has 0 amide bonds. The van der Waals surface area contributed by atoms with Crippen molar-refractivity contribution in [2.45, 2.75) is 110 Å². The van der Waals surface area contributed by atoms with Crippen LogP contribution in [0.2, 0.25) is 0 Å². The maximum atomic E-state index is 13.7. The number of hydrogen-bond acceptors (Lipinski definition) is 11. The largest absolute Gasteiger partial charge is 0.457 e. The van der Waals surface area contributed by atoms with E-state index in [2.05, 4.69) is 38.6 Å². The molecule has 4 aromatic rings. The van der Waals surface area contributed by atoms with Crippen molar-refractivity contribution in [2.24, 2.45) is 22.9 Å². The third-order valence-corrected chi connectivity index (χ3v) is 12.4. The molecular weight excluding hydrogens is 751 g/mol. The summed E-state index contributed by atoms with van der Waals surface area (Å²) >= 11 is 1.64. The van der Waals surface area contributed by atoms with Crippen LogP contribution in [0.3, 0.4) is 0 Å². The Bertz CT molecular complexity index is 1960. The maximum Gasteiger partial charge on any atom is 0.333 e. The number of rotatable bonds is 19. The summed E-state index contributed by atoms with van der Waals surface area (Å²) in [4.78, 5) is 43.0. The summed E-state index contributed by atoms with van der Waals surface area (Å²) in [6, 6.07) is 20.9. The zero-order valence-corrected chi connectivity index (χ0v) is 34.8. The lowest BCUT2D eigenvalue weighted by Gasteiger charge is -2.29. The van der Waals surface area contributed by atoms with Gasteiger partial charge in [-0.2, -0.15) is 5.10 Å². The fourth-order valence-electron chi connectivity index (χ4n) is 7.98. The molecule has 0 radical (unpaired) electrons. The summed E-state index contributed by atoms with van der Waals surface area (Å²) in [5, 5.41) is 7.89. The number of hydrazone groups is 1. The average molecular weight is 808 g/mol. The summed E-state index contributed by atoms with van der Waals surface area (Å²) in [5.41, 5.74) is 3.01. The minimum absolute atomic E-state index is 0.251. The number of fused-ring (bicyclic) bond motifs is 1. The molecule has 0 atom stereocenters. The summed E-state index contributed by atoms with van der Waals surface area (Å²) in [7, 11) is 0. The summed E-state index contributed by atoms with van der Waals surface area (Å²) in [6.45, 7) is 8.32. The van der Waals surface area contributed by atoms with Crippen LogP contribution in [0.4, 0.5) is 5.13 Å². The SMILES string of the molecule is C=CC(=O)OCOc1ccc(OC(=O)C2CCC(C(=O)Oc3ccc(C4CCC(CCC)CC4)cc3/C=N/N(CCCCCC)c3nc4ccccc4s3)CC2)cc1. The van der Waals surface area contributed by atoms with Gasteiger partial charge in [-0.1, -0.05) is 82.1 Å². The monoisotopic (exact) mass is 807 g/mol. The van der Waals surface area contributed by atoms with Gasteiger partial charge in [-0.15, -0.1) is 0 Å². The number of carbonyl (C=O) groups is 3. The Labute approximate surface area is 346 Å². The van der Waals surface area contributed by atoms with Crippen molar-refractivity contribution in [1.29, 1.82) is 0 Å². The number of benzene rings is 3. The van der Waals surface area contributed by atoms with Crippen molar-refractivity contribution in [3.05, 3.63) is 90.5 Å². The molecule has 0 spiro atoms. The molecule has 0 N–H and O–H groups in total. The van der Waals surface area contributed by atoms with Crippen LogP contribution in [0.1, 0.15) is 121 Å². The average Bonchev–Trinajstić information content (AvgIpc) is 3.69. The summed E-state index contributed by atoms with van der Waals surface area (Å²) < 4.78 is 23.2. The van der Waals surface area contributed by atoms with E-state index >= 15 is 0 Å². The van der Waals surface area contributed by atoms with E-state index in [9.17, 15) is 14.4 Å². The van der Waals surface area contributed by atoms with E-state index < -0.39 is 5.97 Å². The zero-order valence-electron chi connectivity index (χ0n) is 33.9. The van der Waals surface area contributed by atoms with Gasteiger partial charge in [0.15, 0.2) is 0 Å². The number of hydrogen-bond donors (Lipinski definition) is 0. The van der Waals surface area contributed by atoms with E-state index in [4.69, 9.17) is 29.0 Å². The number of thiazole rings is 1. The molecule has 10 nitrogen and oxygen atoms in total. The van der Waals surface area contributed by atoms with Crippen molar-refractivity contribution in [1.82, 2.24) is 4.98 Å². The van der Waals surface area contributed by atoms with Crippen molar-refractivity contribution in [3.8, 4) is 17.2 Å². The van der Waals surface area contributed by atoms with Gasteiger partial charge >= 0.3 is 17.9 Å². The number of carbonyl (C=O) groups excluding carboxylic acids is 3. The highest BCUT2D eigenvalue weighted by atomic mass is 32.1. The molecule has 0 saturated heterocycles. The number of para-hydroxylation sites is 1. The molecule has 2 saturated carbocycles. The van der Waals surface area contributed by atoms with Crippen LogP contribution in [0.5, 0.6) is 17.2 Å². The molecule has 308 valence electrons. The van der Waals surface area contributed by atoms with Crippen LogP contribution < -0.4 is 19.2 Å². The second-order valence-corrected chi connectivity index (χ2v) is 16.5. The molecule has 1 aromatic heterocycles. The number of nitrogens with zero attached hydrogens (tertiary/aromatic N) is 3. The molecule has 0 aliphatic heterocycles. The van der Waals surface area contributed by atoms with Gasteiger partial charge in [-0.3, -0.25) is 9.59 Å². The molecule has 0 bridgehead atoms. The number of esters is 3. The van der Waals surface area contributed by atoms with Gasteiger partial charge in [-0.05, 0) is 124 Å². The van der Waals surface area contributed by atoms with Crippen LogP contribution in [0.15, 0.2) is 84.5 Å². The van der Waals surface area contributed by atoms with Gasteiger partial charge in [0.05, 0.1) is 28.3 Å². The Hall–Kier alpha value is -5.03. The molecule has 2 aliphatic rings. The third-order valence-electron chi connectivity index (χ3n) is 11.4. The molecule has 3 aromatic carbocycles. The Balaban J connectivity index is 1.11. The standard InChI is InChI=1S/C47H57N3O7S/c1-4-7-8-11-29-50(47-49-41-13-9-10-14-43(41)58-47)48-31-38-30-37(34-17-15-33(12-5-2)16-18-34)23-28-42(38)57-46(53)36-21-19-35(20-22-36)45(52)56-40-26-24-39(25-27-40)54-32-55-44(51)6-3/h6,9-10,13-14,23-28,30-31,33-36H,3-5,7-8,11-12,15-22,29,32H2,1-2H3/b48-31+. The number of ether oxygens (including phenoxy) is 4. The minimum atomic E-state index is -0.580. The quantitative estimate of drug-likeness (QED) is 0.0174. The second kappa shape index (κ2) is 21.6. The fraction of sp³-hybridized carbons (Fsp3) is 0.468. The van der Waals surface area contributed by atoms with Gasteiger partial charge in [0, 0.05) is 18.2 Å². The lowest BCUT2D eigenvalue weighted by atomic mass is 9.77. The fourth-order valence-corrected chi connectivity index (χ4v) is 8.92. The van der Waals surface area contributed by atoms with E-state index in [0.717, 1.165) is 71.6 Å². The molecular formula is C47H57N3O7S.